The maximum Gasteiger partial charge on any atom is 0.343 e. The van der Waals surface area contributed by atoms with Gasteiger partial charge in [0.25, 0.3) is 10.9 Å². The van der Waals surface area contributed by atoms with Gasteiger partial charge in [-0.25, -0.2) is 4.79 Å². The zero-order valence-corrected chi connectivity index (χ0v) is 11.2. The largest absolute Gasteiger partial charge is 0.423 e. The number of carbonyl (C=O) groups is 2. The highest BCUT2D eigenvalue weighted by atomic mass is 35.5. The van der Waals surface area contributed by atoms with Crippen molar-refractivity contribution in [2.75, 3.05) is 0 Å². The van der Waals surface area contributed by atoms with E-state index in [0.717, 1.165) is 6.07 Å². The Morgan fingerprint density at radius 1 is 1.05 bits per heavy atom. The molecule has 0 radical (unpaired) electrons. The predicted octanol–water partition coefficient (Wildman–Crippen LogP) is 3.19. The van der Waals surface area contributed by atoms with Crippen molar-refractivity contribution in [2.24, 2.45) is 0 Å². The van der Waals surface area contributed by atoms with Crippen molar-refractivity contribution in [1.82, 2.24) is 0 Å². The van der Waals surface area contributed by atoms with Gasteiger partial charge < -0.3 is 4.74 Å². The smallest absolute Gasteiger partial charge is 0.343 e. The molecule has 0 saturated heterocycles. The third kappa shape index (κ3) is 3.64. The number of non-ortho nitro benzene ring substituents is 1. The standard InChI is InChI=1S/C14H8ClNO5/c15-13(17)9-3-2-6-12(8-9)21-14(18)10-4-1-5-11(7-10)16(19)20/h1-8H. The molecule has 2 rings (SSSR count). The minimum atomic E-state index is -0.766. The van der Waals surface area contributed by atoms with Crippen molar-refractivity contribution in [3.05, 3.63) is 69.8 Å². The number of nitro groups is 1. The minimum absolute atomic E-state index is 0.0341. The zero-order chi connectivity index (χ0) is 15.4. The Balaban J connectivity index is 2.22. The predicted molar refractivity (Wildman–Crippen MR) is 74.7 cm³/mol. The number of esters is 1. The molecule has 0 aliphatic rings. The van der Waals surface area contributed by atoms with Crippen LogP contribution in [0.2, 0.25) is 0 Å². The van der Waals surface area contributed by atoms with E-state index in [0.29, 0.717) is 0 Å². The topological polar surface area (TPSA) is 86.5 Å². The van der Waals surface area contributed by atoms with Crippen molar-refractivity contribution in [2.45, 2.75) is 0 Å². The van der Waals surface area contributed by atoms with Crippen LogP contribution in [0.15, 0.2) is 48.5 Å². The molecular formula is C14H8ClNO5. The highest BCUT2D eigenvalue weighted by Crippen LogP contribution is 2.18. The van der Waals surface area contributed by atoms with E-state index < -0.39 is 16.1 Å². The highest BCUT2D eigenvalue weighted by molar-refractivity contribution is 6.67. The second kappa shape index (κ2) is 6.15. The van der Waals surface area contributed by atoms with Crippen molar-refractivity contribution < 1.29 is 19.2 Å². The average molecular weight is 306 g/mol. The lowest BCUT2D eigenvalue weighted by atomic mass is 10.2. The Kier molecular flexibility index (Phi) is 4.30. The fourth-order valence-electron chi connectivity index (χ4n) is 1.59. The minimum Gasteiger partial charge on any atom is -0.423 e. The molecule has 0 spiro atoms. The van der Waals surface area contributed by atoms with Crippen LogP contribution in [-0.2, 0) is 0 Å². The van der Waals surface area contributed by atoms with Crippen molar-refractivity contribution in [3.63, 3.8) is 0 Å². The summed E-state index contributed by atoms with van der Waals surface area (Å²) >= 11 is 5.33. The Morgan fingerprint density at radius 3 is 2.38 bits per heavy atom. The third-order valence-corrected chi connectivity index (χ3v) is 2.78. The Hall–Kier alpha value is -2.73. The Bertz CT molecular complexity index is 729. The van der Waals surface area contributed by atoms with Crippen LogP contribution in [0.1, 0.15) is 20.7 Å². The van der Waals surface area contributed by atoms with Crippen LogP contribution in [0, 0.1) is 10.1 Å². The van der Waals surface area contributed by atoms with E-state index in [1.165, 1.54) is 42.5 Å². The molecule has 0 aliphatic carbocycles. The van der Waals surface area contributed by atoms with Crippen LogP contribution in [0.5, 0.6) is 5.75 Å². The van der Waals surface area contributed by atoms with E-state index in [2.05, 4.69) is 0 Å². The molecule has 2 aromatic carbocycles. The van der Waals surface area contributed by atoms with Gasteiger partial charge in [-0.15, -0.1) is 0 Å². The highest BCUT2D eigenvalue weighted by Gasteiger charge is 2.14. The van der Waals surface area contributed by atoms with Gasteiger partial charge in [-0.1, -0.05) is 12.1 Å². The summed E-state index contributed by atoms with van der Waals surface area (Å²) in [5.74, 6) is -0.643. The molecule has 0 bridgehead atoms. The summed E-state index contributed by atoms with van der Waals surface area (Å²) in [6, 6.07) is 10.9. The van der Waals surface area contributed by atoms with E-state index >= 15 is 0 Å². The number of hydrogen-bond donors (Lipinski definition) is 0. The maximum atomic E-state index is 11.9. The molecule has 106 valence electrons. The first kappa shape index (κ1) is 14.7. The number of carbonyl (C=O) groups excluding carboxylic acids is 2. The molecule has 0 heterocycles. The normalized spacial score (nSPS) is 9.95. The maximum absolute atomic E-state index is 11.9. The first-order chi connectivity index (χ1) is 9.97. The van der Waals surface area contributed by atoms with E-state index in [1.54, 1.807) is 0 Å². The molecule has 6 nitrogen and oxygen atoms in total. The molecule has 0 N–H and O–H groups in total. The average Bonchev–Trinajstić information content (AvgIpc) is 2.47. The van der Waals surface area contributed by atoms with Crippen LogP contribution in [-0.4, -0.2) is 16.1 Å². The summed E-state index contributed by atoms with van der Waals surface area (Å²) in [5.41, 5.74) is 0.00180. The number of rotatable bonds is 4. The van der Waals surface area contributed by atoms with Crippen LogP contribution < -0.4 is 4.74 Å². The SMILES string of the molecule is O=C(Cl)c1cccc(OC(=O)c2cccc([N+](=O)[O-])c2)c1. The van der Waals surface area contributed by atoms with Gasteiger partial charge in [-0.05, 0) is 35.9 Å². The molecule has 0 aliphatic heterocycles. The molecule has 0 aromatic heterocycles. The molecule has 0 fully saturated rings. The quantitative estimate of drug-likeness (QED) is 0.285. The lowest BCUT2D eigenvalue weighted by molar-refractivity contribution is -0.384. The van der Waals surface area contributed by atoms with Crippen molar-refractivity contribution >= 4 is 28.5 Å². The number of ether oxygens (including phenoxy) is 1. The molecule has 0 unspecified atom stereocenters. The van der Waals surface area contributed by atoms with Gasteiger partial charge in [0.1, 0.15) is 5.75 Å². The zero-order valence-electron chi connectivity index (χ0n) is 10.5. The summed E-state index contributed by atoms with van der Waals surface area (Å²) in [7, 11) is 0. The van der Waals surface area contributed by atoms with E-state index in [1.807, 2.05) is 0 Å². The van der Waals surface area contributed by atoms with Gasteiger partial charge >= 0.3 is 5.97 Å². The third-order valence-electron chi connectivity index (χ3n) is 2.56. The van der Waals surface area contributed by atoms with Crippen LogP contribution in [0.25, 0.3) is 0 Å². The second-order valence-corrected chi connectivity index (χ2v) is 4.34. The summed E-state index contributed by atoms with van der Waals surface area (Å²) in [4.78, 5) is 33.0. The van der Waals surface area contributed by atoms with E-state index in [9.17, 15) is 19.7 Å². The van der Waals surface area contributed by atoms with Gasteiger partial charge in [0.05, 0.1) is 10.5 Å². The second-order valence-electron chi connectivity index (χ2n) is 4.00. The van der Waals surface area contributed by atoms with Crippen LogP contribution >= 0.6 is 11.6 Å². The van der Waals surface area contributed by atoms with Crippen molar-refractivity contribution in [3.8, 4) is 5.75 Å². The van der Waals surface area contributed by atoms with Crippen LogP contribution in [0.4, 0.5) is 5.69 Å². The fourth-order valence-corrected chi connectivity index (χ4v) is 1.71. The van der Waals surface area contributed by atoms with Gasteiger partial charge in [0.2, 0.25) is 0 Å². The summed E-state index contributed by atoms with van der Waals surface area (Å²) in [6.07, 6.45) is 0. The lowest BCUT2D eigenvalue weighted by Gasteiger charge is -2.05. The number of nitrogens with zero attached hydrogens (tertiary/aromatic N) is 1. The Morgan fingerprint density at radius 2 is 1.71 bits per heavy atom. The summed E-state index contributed by atoms with van der Waals surface area (Å²) < 4.78 is 5.05. The molecule has 0 atom stereocenters. The van der Waals surface area contributed by atoms with Gasteiger partial charge in [0.15, 0.2) is 0 Å². The molecule has 0 saturated carbocycles. The van der Waals surface area contributed by atoms with E-state index in [4.69, 9.17) is 16.3 Å². The van der Waals surface area contributed by atoms with Crippen molar-refractivity contribution in [1.29, 1.82) is 0 Å². The number of hydrogen-bond acceptors (Lipinski definition) is 5. The van der Waals surface area contributed by atoms with Crippen LogP contribution in [0.3, 0.4) is 0 Å². The molecular weight excluding hydrogens is 298 g/mol. The number of nitro benzene ring substituents is 1. The first-order valence-corrected chi connectivity index (χ1v) is 6.11. The molecule has 0 amide bonds. The summed E-state index contributed by atoms with van der Waals surface area (Å²) in [5, 5.41) is 9.98. The molecule has 7 heteroatoms. The van der Waals surface area contributed by atoms with E-state index in [-0.39, 0.29) is 22.6 Å². The van der Waals surface area contributed by atoms with Gasteiger partial charge in [0, 0.05) is 17.7 Å². The molecule has 21 heavy (non-hydrogen) atoms. The fraction of sp³-hybridized carbons (Fsp3) is 0. The lowest BCUT2D eigenvalue weighted by Crippen LogP contribution is -2.09. The first-order valence-electron chi connectivity index (χ1n) is 5.74. The van der Waals surface area contributed by atoms with Gasteiger partial charge in [-0.3, -0.25) is 14.9 Å². The number of halogens is 1. The van der Waals surface area contributed by atoms with Gasteiger partial charge in [-0.2, -0.15) is 0 Å². The number of benzene rings is 2. The molecule has 2 aromatic rings. The summed E-state index contributed by atoms with van der Waals surface area (Å²) in [6.45, 7) is 0. The monoisotopic (exact) mass is 305 g/mol. The Labute approximate surface area is 124 Å².